The number of esters is 1. The third-order valence-corrected chi connectivity index (χ3v) is 6.43. The first-order valence-corrected chi connectivity index (χ1v) is 12.7. The summed E-state index contributed by atoms with van der Waals surface area (Å²) in [7, 11) is 0. The SMILES string of the molecule is CCOC(=O)C1=C(CN2CCN(c3ccc(Cl)cc3)CC2)NC(=O)N[C@H]1c1ccc(OC(C)C)cc1. The second-order valence-electron chi connectivity index (χ2n) is 9.12. The second-order valence-corrected chi connectivity index (χ2v) is 9.56. The molecule has 0 spiro atoms. The topological polar surface area (TPSA) is 83.1 Å². The number of amides is 2. The van der Waals surface area contributed by atoms with Crippen LogP contribution in [0.2, 0.25) is 5.02 Å². The van der Waals surface area contributed by atoms with E-state index in [1.807, 2.05) is 62.4 Å². The van der Waals surface area contributed by atoms with Gasteiger partial charge in [-0.25, -0.2) is 9.59 Å². The summed E-state index contributed by atoms with van der Waals surface area (Å²) in [5, 5.41) is 6.49. The van der Waals surface area contributed by atoms with E-state index < -0.39 is 12.0 Å². The summed E-state index contributed by atoms with van der Waals surface area (Å²) >= 11 is 6.02. The van der Waals surface area contributed by atoms with E-state index in [-0.39, 0.29) is 18.7 Å². The maximum Gasteiger partial charge on any atom is 0.338 e. The Morgan fingerprint density at radius 1 is 1.06 bits per heavy atom. The van der Waals surface area contributed by atoms with Gasteiger partial charge in [0, 0.05) is 49.1 Å². The fourth-order valence-corrected chi connectivity index (χ4v) is 4.62. The lowest BCUT2D eigenvalue weighted by molar-refractivity contribution is -0.139. The highest BCUT2D eigenvalue weighted by Gasteiger charge is 2.34. The van der Waals surface area contributed by atoms with Crippen LogP contribution in [0.15, 0.2) is 59.8 Å². The number of ether oxygens (including phenoxy) is 2. The highest BCUT2D eigenvalue weighted by atomic mass is 35.5. The van der Waals surface area contributed by atoms with Crippen molar-refractivity contribution in [2.24, 2.45) is 0 Å². The maximum atomic E-state index is 13.1. The van der Waals surface area contributed by atoms with Gasteiger partial charge in [-0.3, -0.25) is 4.90 Å². The molecule has 2 aromatic rings. The van der Waals surface area contributed by atoms with Gasteiger partial charge in [0.2, 0.25) is 0 Å². The van der Waals surface area contributed by atoms with Gasteiger partial charge in [-0.05, 0) is 62.7 Å². The molecule has 0 aliphatic carbocycles. The molecule has 4 rings (SSSR count). The third kappa shape index (κ3) is 6.30. The van der Waals surface area contributed by atoms with Crippen LogP contribution in [0.3, 0.4) is 0 Å². The Labute approximate surface area is 217 Å². The van der Waals surface area contributed by atoms with E-state index >= 15 is 0 Å². The Balaban J connectivity index is 1.54. The number of carbonyl (C=O) groups is 2. The highest BCUT2D eigenvalue weighted by molar-refractivity contribution is 6.30. The zero-order valence-electron chi connectivity index (χ0n) is 20.9. The van der Waals surface area contributed by atoms with Gasteiger partial charge in [0.05, 0.1) is 24.3 Å². The molecule has 0 radical (unpaired) electrons. The third-order valence-electron chi connectivity index (χ3n) is 6.18. The first-order valence-electron chi connectivity index (χ1n) is 12.3. The summed E-state index contributed by atoms with van der Waals surface area (Å²) < 4.78 is 11.1. The molecular weight excluding hydrogens is 480 g/mol. The Kier molecular flexibility index (Phi) is 8.38. The minimum atomic E-state index is -0.615. The average molecular weight is 513 g/mol. The van der Waals surface area contributed by atoms with Crippen LogP contribution in [0.5, 0.6) is 5.75 Å². The number of hydrogen-bond acceptors (Lipinski definition) is 6. The normalized spacial score (nSPS) is 18.6. The molecule has 9 heteroatoms. The van der Waals surface area contributed by atoms with Gasteiger partial charge in [0.1, 0.15) is 5.75 Å². The summed E-state index contributed by atoms with van der Waals surface area (Å²) in [5.41, 5.74) is 2.92. The zero-order chi connectivity index (χ0) is 25.7. The molecule has 2 aliphatic rings. The molecule has 1 saturated heterocycles. The molecule has 192 valence electrons. The van der Waals surface area contributed by atoms with Crippen molar-refractivity contribution in [1.82, 2.24) is 15.5 Å². The predicted octanol–water partition coefficient (Wildman–Crippen LogP) is 4.12. The van der Waals surface area contributed by atoms with Crippen LogP contribution >= 0.6 is 11.6 Å². The van der Waals surface area contributed by atoms with Crippen LogP contribution in [-0.2, 0) is 9.53 Å². The van der Waals surface area contributed by atoms with Gasteiger partial charge in [-0.1, -0.05) is 23.7 Å². The van der Waals surface area contributed by atoms with Crippen molar-refractivity contribution < 1.29 is 19.1 Å². The molecule has 8 nitrogen and oxygen atoms in total. The van der Waals surface area contributed by atoms with Crippen molar-refractivity contribution in [2.45, 2.75) is 32.9 Å². The van der Waals surface area contributed by atoms with Gasteiger partial charge in [0.25, 0.3) is 0 Å². The number of carbonyl (C=O) groups excluding carboxylic acids is 2. The Morgan fingerprint density at radius 2 is 1.72 bits per heavy atom. The van der Waals surface area contributed by atoms with E-state index in [9.17, 15) is 9.59 Å². The lowest BCUT2D eigenvalue weighted by atomic mass is 9.94. The van der Waals surface area contributed by atoms with Crippen LogP contribution in [-0.4, -0.2) is 62.3 Å². The smallest absolute Gasteiger partial charge is 0.338 e. The summed E-state index contributed by atoms with van der Waals surface area (Å²) in [6, 6.07) is 14.3. The number of nitrogens with one attached hydrogen (secondary N) is 2. The lowest BCUT2D eigenvalue weighted by Gasteiger charge is -2.38. The zero-order valence-corrected chi connectivity index (χ0v) is 21.7. The van der Waals surface area contributed by atoms with Crippen molar-refractivity contribution in [1.29, 1.82) is 0 Å². The van der Waals surface area contributed by atoms with E-state index in [2.05, 4.69) is 20.4 Å². The molecule has 1 atom stereocenters. The minimum Gasteiger partial charge on any atom is -0.491 e. The quantitative estimate of drug-likeness (QED) is 0.518. The molecular formula is C27H33ClN4O4. The van der Waals surface area contributed by atoms with Crippen molar-refractivity contribution in [3.8, 4) is 5.75 Å². The van der Waals surface area contributed by atoms with Crippen molar-refractivity contribution in [2.75, 3.05) is 44.2 Å². The highest BCUT2D eigenvalue weighted by Crippen LogP contribution is 2.30. The summed E-state index contributed by atoms with van der Waals surface area (Å²) in [6.45, 7) is 9.63. The molecule has 1 fully saturated rings. The Bertz CT molecular complexity index is 1090. The number of hydrogen-bond donors (Lipinski definition) is 2. The first kappa shape index (κ1) is 25.9. The standard InChI is InChI=1S/C27H33ClN4O4/c1-4-35-26(33)24-23(17-31-13-15-32(16-14-31)21-9-7-20(28)8-10-21)29-27(34)30-25(24)19-5-11-22(12-6-19)36-18(2)3/h5-12,18,25H,4,13-17H2,1-3H3,(H2,29,30,34)/t25-/m0/s1. The first-order chi connectivity index (χ1) is 17.3. The van der Waals surface area contributed by atoms with E-state index in [1.165, 1.54) is 0 Å². The average Bonchev–Trinajstić information content (AvgIpc) is 2.85. The number of urea groups is 1. The van der Waals surface area contributed by atoms with Gasteiger partial charge in [0.15, 0.2) is 0 Å². The summed E-state index contributed by atoms with van der Waals surface area (Å²) in [6.07, 6.45) is 0.0520. The largest absolute Gasteiger partial charge is 0.491 e. The molecule has 0 bridgehead atoms. The van der Waals surface area contributed by atoms with Crippen LogP contribution < -0.4 is 20.3 Å². The number of halogens is 1. The number of anilines is 1. The monoisotopic (exact) mass is 512 g/mol. The van der Waals surface area contributed by atoms with E-state index in [4.69, 9.17) is 21.1 Å². The van der Waals surface area contributed by atoms with Gasteiger partial charge >= 0.3 is 12.0 Å². The van der Waals surface area contributed by atoms with Crippen molar-refractivity contribution in [3.63, 3.8) is 0 Å². The van der Waals surface area contributed by atoms with E-state index in [0.717, 1.165) is 43.2 Å². The molecule has 2 N–H and O–H groups in total. The minimum absolute atomic E-state index is 0.0520. The molecule has 0 aromatic heterocycles. The van der Waals surface area contributed by atoms with Crippen molar-refractivity contribution in [3.05, 3.63) is 70.4 Å². The summed E-state index contributed by atoms with van der Waals surface area (Å²) in [4.78, 5) is 30.3. The summed E-state index contributed by atoms with van der Waals surface area (Å²) in [5.74, 6) is 0.293. The predicted molar refractivity (Wildman–Crippen MR) is 140 cm³/mol. The fourth-order valence-electron chi connectivity index (χ4n) is 4.49. The van der Waals surface area contributed by atoms with E-state index in [1.54, 1.807) is 6.92 Å². The lowest BCUT2D eigenvalue weighted by Crippen LogP contribution is -2.51. The molecule has 0 unspecified atom stereocenters. The van der Waals surface area contributed by atoms with Crippen LogP contribution in [0.1, 0.15) is 32.4 Å². The van der Waals surface area contributed by atoms with Gasteiger partial charge < -0.3 is 25.0 Å². The van der Waals surface area contributed by atoms with E-state index in [0.29, 0.717) is 22.8 Å². The van der Waals surface area contributed by atoms with Crippen LogP contribution in [0, 0.1) is 0 Å². The fraction of sp³-hybridized carbons (Fsp3) is 0.407. The maximum absolute atomic E-state index is 13.1. The number of piperazine rings is 1. The van der Waals surface area contributed by atoms with Gasteiger partial charge in [-0.2, -0.15) is 0 Å². The molecule has 2 aliphatic heterocycles. The Hall–Kier alpha value is -3.23. The molecule has 0 saturated carbocycles. The molecule has 2 amide bonds. The second kappa shape index (κ2) is 11.7. The van der Waals surface area contributed by atoms with Crippen LogP contribution in [0.25, 0.3) is 0 Å². The molecule has 2 heterocycles. The van der Waals surface area contributed by atoms with Crippen LogP contribution in [0.4, 0.5) is 10.5 Å². The Morgan fingerprint density at radius 3 is 2.33 bits per heavy atom. The molecule has 2 aromatic carbocycles. The number of rotatable bonds is 8. The van der Waals surface area contributed by atoms with Gasteiger partial charge in [-0.15, -0.1) is 0 Å². The molecule has 36 heavy (non-hydrogen) atoms. The number of benzene rings is 2. The number of nitrogens with zero attached hydrogens (tertiary/aromatic N) is 2. The van der Waals surface area contributed by atoms with Crippen molar-refractivity contribution >= 4 is 29.3 Å².